The van der Waals surface area contributed by atoms with Gasteiger partial charge in [-0.15, -0.1) is 0 Å². The standard InChI is InChI=1S/C21H21N3O4/c1-14-6-5-7-16(10-14)27-13-19(25)24-11-15(12-24)21-22-20(23-28-21)17-8-3-4-9-18(17)26-2/h3-10,15H,11-13H2,1-2H3. The van der Waals surface area contributed by atoms with Crippen LogP contribution in [-0.2, 0) is 4.79 Å². The normalized spacial score (nSPS) is 13.9. The van der Waals surface area contributed by atoms with E-state index in [1.165, 1.54) is 0 Å². The number of likely N-dealkylation sites (tertiary alicyclic amines) is 1. The van der Waals surface area contributed by atoms with Crippen molar-refractivity contribution in [2.45, 2.75) is 12.8 Å². The minimum Gasteiger partial charge on any atom is -0.496 e. The van der Waals surface area contributed by atoms with Crippen molar-refractivity contribution in [1.29, 1.82) is 0 Å². The quantitative estimate of drug-likeness (QED) is 0.655. The zero-order valence-electron chi connectivity index (χ0n) is 15.8. The van der Waals surface area contributed by atoms with Crippen molar-refractivity contribution < 1.29 is 18.8 Å². The van der Waals surface area contributed by atoms with Crippen molar-refractivity contribution in [3.63, 3.8) is 0 Å². The van der Waals surface area contributed by atoms with E-state index < -0.39 is 0 Å². The van der Waals surface area contributed by atoms with Crippen LogP contribution in [0, 0.1) is 6.92 Å². The third-order valence-corrected chi connectivity index (χ3v) is 4.72. The first-order valence-corrected chi connectivity index (χ1v) is 9.08. The number of amides is 1. The smallest absolute Gasteiger partial charge is 0.260 e. The van der Waals surface area contributed by atoms with Crippen LogP contribution in [0.1, 0.15) is 17.4 Å². The highest BCUT2D eigenvalue weighted by molar-refractivity contribution is 5.78. The molecule has 1 aliphatic heterocycles. The maximum absolute atomic E-state index is 12.3. The Morgan fingerprint density at radius 3 is 2.82 bits per heavy atom. The van der Waals surface area contributed by atoms with E-state index in [2.05, 4.69) is 10.1 Å². The Hall–Kier alpha value is -3.35. The summed E-state index contributed by atoms with van der Waals surface area (Å²) in [6, 6.07) is 15.2. The fourth-order valence-electron chi connectivity index (χ4n) is 3.12. The molecule has 4 rings (SSSR count). The molecule has 0 spiro atoms. The van der Waals surface area contributed by atoms with Crippen LogP contribution in [-0.4, -0.2) is 47.8 Å². The van der Waals surface area contributed by atoms with Gasteiger partial charge in [0, 0.05) is 13.1 Å². The molecule has 7 nitrogen and oxygen atoms in total. The zero-order valence-corrected chi connectivity index (χ0v) is 15.8. The number of para-hydroxylation sites is 1. The number of benzene rings is 2. The van der Waals surface area contributed by atoms with Gasteiger partial charge in [0.05, 0.1) is 18.6 Å². The van der Waals surface area contributed by atoms with Crippen LogP contribution in [0.3, 0.4) is 0 Å². The molecule has 1 aromatic heterocycles. The number of carbonyl (C=O) groups is 1. The number of nitrogens with zero attached hydrogens (tertiary/aromatic N) is 3. The molecule has 2 heterocycles. The van der Waals surface area contributed by atoms with Gasteiger partial charge in [0.15, 0.2) is 6.61 Å². The average Bonchev–Trinajstić information content (AvgIpc) is 3.14. The van der Waals surface area contributed by atoms with Crippen LogP contribution in [0.2, 0.25) is 0 Å². The fourth-order valence-corrected chi connectivity index (χ4v) is 3.12. The summed E-state index contributed by atoms with van der Waals surface area (Å²) in [4.78, 5) is 18.5. The maximum Gasteiger partial charge on any atom is 0.260 e. The summed E-state index contributed by atoms with van der Waals surface area (Å²) >= 11 is 0. The second-order valence-electron chi connectivity index (χ2n) is 6.76. The molecular formula is C21H21N3O4. The lowest BCUT2D eigenvalue weighted by Gasteiger charge is -2.36. The molecule has 0 unspecified atom stereocenters. The average molecular weight is 379 g/mol. The van der Waals surface area contributed by atoms with Gasteiger partial charge in [-0.25, -0.2) is 0 Å². The zero-order chi connectivity index (χ0) is 19.5. The molecule has 28 heavy (non-hydrogen) atoms. The predicted molar refractivity (Wildman–Crippen MR) is 102 cm³/mol. The van der Waals surface area contributed by atoms with E-state index in [1.807, 2.05) is 55.5 Å². The Morgan fingerprint density at radius 2 is 2.04 bits per heavy atom. The van der Waals surface area contributed by atoms with Gasteiger partial charge in [-0.2, -0.15) is 4.98 Å². The second kappa shape index (κ2) is 7.72. The molecule has 0 bridgehead atoms. The molecule has 1 saturated heterocycles. The molecule has 144 valence electrons. The number of hydrogen-bond donors (Lipinski definition) is 0. The van der Waals surface area contributed by atoms with E-state index in [-0.39, 0.29) is 18.4 Å². The van der Waals surface area contributed by atoms with E-state index in [1.54, 1.807) is 12.0 Å². The number of carbonyl (C=O) groups excluding carboxylic acids is 1. The third kappa shape index (κ3) is 3.69. The molecule has 1 aliphatic rings. The highest BCUT2D eigenvalue weighted by atomic mass is 16.5. The van der Waals surface area contributed by atoms with Gasteiger partial charge in [-0.3, -0.25) is 4.79 Å². The number of hydrogen-bond acceptors (Lipinski definition) is 6. The molecule has 0 aliphatic carbocycles. The van der Waals surface area contributed by atoms with Crippen molar-refractivity contribution in [3.8, 4) is 22.9 Å². The van der Waals surface area contributed by atoms with Crippen molar-refractivity contribution in [1.82, 2.24) is 15.0 Å². The lowest BCUT2D eigenvalue weighted by atomic mass is 10.0. The predicted octanol–water partition coefficient (Wildman–Crippen LogP) is 3.06. The molecule has 7 heteroatoms. The first-order valence-electron chi connectivity index (χ1n) is 9.08. The molecule has 3 aromatic rings. The number of aromatic nitrogens is 2. The number of ether oxygens (including phenoxy) is 2. The number of aryl methyl sites for hydroxylation is 1. The van der Waals surface area contributed by atoms with Crippen LogP contribution in [0.4, 0.5) is 0 Å². The van der Waals surface area contributed by atoms with Crippen LogP contribution in [0.15, 0.2) is 53.1 Å². The number of methoxy groups -OCH3 is 1. The summed E-state index contributed by atoms with van der Waals surface area (Å²) < 4.78 is 16.3. The number of rotatable bonds is 6. The molecule has 0 atom stereocenters. The Labute approximate surface area is 162 Å². The van der Waals surface area contributed by atoms with Crippen LogP contribution in [0.5, 0.6) is 11.5 Å². The molecular weight excluding hydrogens is 358 g/mol. The molecule has 2 aromatic carbocycles. The van der Waals surface area contributed by atoms with Crippen LogP contribution >= 0.6 is 0 Å². The molecule has 0 radical (unpaired) electrons. The highest BCUT2D eigenvalue weighted by Gasteiger charge is 2.35. The van der Waals surface area contributed by atoms with Crippen molar-refractivity contribution >= 4 is 5.91 Å². The largest absolute Gasteiger partial charge is 0.496 e. The van der Waals surface area contributed by atoms with Gasteiger partial charge in [-0.05, 0) is 36.8 Å². The Bertz CT molecular complexity index is 979. The lowest BCUT2D eigenvalue weighted by molar-refractivity contribution is -0.138. The van der Waals surface area contributed by atoms with Gasteiger partial charge in [0.2, 0.25) is 11.7 Å². The van der Waals surface area contributed by atoms with Crippen LogP contribution in [0.25, 0.3) is 11.4 Å². The molecule has 0 N–H and O–H groups in total. The van der Waals surface area contributed by atoms with Gasteiger partial charge >= 0.3 is 0 Å². The first kappa shape index (κ1) is 18.0. The fraction of sp³-hybridized carbons (Fsp3) is 0.286. The topological polar surface area (TPSA) is 77.7 Å². The summed E-state index contributed by atoms with van der Waals surface area (Å²) in [6.45, 7) is 3.10. The Balaban J connectivity index is 1.33. The highest BCUT2D eigenvalue weighted by Crippen LogP contribution is 2.31. The van der Waals surface area contributed by atoms with E-state index in [0.717, 1.165) is 11.1 Å². The Morgan fingerprint density at radius 1 is 1.21 bits per heavy atom. The van der Waals surface area contributed by atoms with E-state index in [9.17, 15) is 4.79 Å². The van der Waals surface area contributed by atoms with E-state index in [4.69, 9.17) is 14.0 Å². The van der Waals surface area contributed by atoms with Crippen LogP contribution < -0.4 is 9.47 Å². The molecule has 1 amide bonds. The monoisotopic (exact) mass is 379 g/mol. The summed E-state index contributed by atoms with van der Waals surface area (Å²) in [5.41, 5.74) is 1.87. The summed E-state index contributed by atoms with van der Waals surface area (Å²) in [5, 5.41) is 4.06. The van der Waals surface area contributed by atoms with E-state index in [0.29, 0.717) is 36.3 Å². The van der Waals surface area contributed by atoms with E-state index >= 15 is 0 Å². The van der Waals surface area contributed by atoms with Gasteiger partial charge in [0.1, 0.15) is 11.5 Å². The summed E-state index contributed by atoms with van der Waals surface area (Å²) in [7, 11) is 1.61. The maximum atomic E-state index is 12.3. The van der Waals surface area contributed by atoms with Crippen molar-refractivity contribution in [3.05, 3.63) is 60.0 Å². The minimum absolute atomic E-state index is 0.0203. The minimum atomic E-state index is -0.0535. The first-order chi connectivity index (χ1) is 13.6. The second-order valence-corrected chi connectivity index (χ2v) is 6.76. The van der Waals surface area contributed by atoms with Crippen molar-refractivity contribution in [2.75, 3.05) is 26.8 Å². The Kier molecular flexibility index (Phi) is 4.97. The lowest BCUT2D eigenvalue weighted by Crippen LogP contribution is -2.50. The van der Waals surface area contributed by atoms with Gasteiger partial charge in [0.25, 0.3) is 5.91 Å². The SMILES string of the molecule is COc1ccccc1-c1noc(C2CN(C(=O)COc3cccc(C)c3)C2)n1. The van der Waals surface area contributed by atoms with Gasteiger partial charge < -0.3 is 18.9 Å². The molecule has 0 saturated carbocycles. The molecule has 1 fully saturated rings. The summed E-state index contributed by atoms with van der Waals surface area (Å²) in [6.07, 6.45) is 0. The van der Waals surface area contributed by atoms with Crippen molar-refractivity contribution in [2.24, 2.45) is 0 Å². The summed E-state index contributed by atoms with van der Waals surface area (Å²) in [5.74, 6) is 2.39. The van der Waals surface area contributed by atoms with Gasteiger partial charge in [-0.1, -0.05) is 29.4 Å². The third-order valence-electron chi connectivity index (χ3n) is 4.72.